The second-order valence-electron chi connectivity index (χ2n) is 7.31. The van der Waals surface area contributed by atoms with Crippen LogP contribution in [0.5, 0.6) is 11.5 Å². The molecule has 2 heterocycles. The lowest BCUT2D eigenvalue weighted by atomic mass is 10.1. The van der Waals surface area contributed by atoms with Crippen LogP contribution in [-0.4, -0.2) is 62.5 Å². The number of hydrogen-bond donors (Lipinski definition) is 1. The number of rotatable bonds is 5. The number of anilines is 2. The Hall–Kier alpha value is -3.81. The molecule has 2 aromatic carbocycles. The number of nitrogens with zero attached hydrogens (tertiary/aromatic N) is 3. The number of methoxy groups -OCH3 is 2. The monoisotopic (exact) mass is 420 g/mol. The summed E-state index contributed by atoms with van der Waals surface area (Å²) < 4.78 is 10.7. The number of benzene rings is 2. The zero-order chi connectivity index (χ0) is 22.0. The molecule has 0 atom stereocenters. The Kier molecular flexibility index (Phi) is 5.62. The first-order valence-corrected chi connectivity index (χ1v) is 9.95. The van der Waals surface area contributed by atoms with Crippen LogP contribution in [0.2, 0.25) is 0 Å². The Balaban J connectivity index is 1.51. The Morgan fingerprint density at radius 1 is 1.00 bits per heavy atom. The molecule has 1 fully saturated rings. The normalized spacial score (nSPS) is 13.9. The van der Waals surface area contributed by atoms with Crippen molar-refractivity contribution in [3.05, 3.63) is 53.6 Å². The van der Waals surface area contributed by atoms with Crippen LogP contribution in [0, 0.1) is 0 Å². The third-order valence-electron chi connectivity index (χ3n) is 5.52. The highest BCUT2D eigenvalue weighted by Crippen LogP contribution is 2.35. The lowest BCUT2D eigenvalue weighted by Gasteiger charge is -2.35. The number of aromatic nitrogens is 1. The molecule has 4 rings (SSSR count). The minimum atomic E-state index is -0.0417. The Morgan fingerprint density at radius 2 is 1.65 bits per heavy atom. The van der Waals surface area contributed by atoms with Crippen LogP contribution < -0.4 is 20.1 Å². The van der Waals surface area contributed by atoms with Crippen LogP contribution in [0.3, 0.4) is 0 Å². The molecular formula is C23H24N4O4. The van der Waals surface area contributed by atoms with Gasteiger partial charge in [-0.1, -0.05) is 12.1 Å². The van der Waals surface area contributed by atoms with E-state index in [9.17, 15) is 9.59 Å². The van der Waals surface area contributed by atoms with Crippen molar-refractivity contribution in [1.29, 1.82) is 0 Å². The predicted molar refractivity (Wildman–Crippen MR) is 119 cm³/mol. The number of ether oxygens (including phenoxy) is 2. The van der Waals surface area contributed by atoms with Crippen molar-refractivity contribution >= 4 is 34.6 Å². The van der Waals surface area contributed by atoms with Crippen molar-refractivity contribution in [1.82, 2.24) is 9.88 Å². The number of nitrogens with two attached hydrogens (primary N) is 1. The van der Waals surface area contributed by atoms with E-state index in [4.69, 9.17) is 20.2 Å². The summed E-state index contributed by atoms with van der Waals surface area (Å²) >= 11 is 0. The third kappa shape index (κ3) is 3.96. The zero-order valence-electron chi connectivity index (χ0n) is 17.5. The molecule has 0 saturated carbocycles. The van der Waals surface area contributed by atoms with E-state index in [2.05, 4.69) is 4.90 Å². The van der Waals surface area contributed by atoms with Gasteiger partial charge in [-0.05, 0) is 18.2 Å². The quantitative estimate of drug-likeness (QED) is 0.634. The fourth-order valence-electron chi connectivity index (χ4n) is 3.75. The first kappa shape index (κ1) is 20.5. The van der Waals surface area contributed by atoms with E-state index in [1.807, 2.05) is 23.1 Å². The molecule has 3 aromatic rings. The molecule has 1 aromatic heterocycles. The van der Waals surface area contributed by atoms with Gasteiger partial charge < -0.3 is 25.0 Å². The van der Waals surface area contributed by atoms with Gasteiger partial charge in [0.15, 0.2) is 11.5 Å². The average Bonchev–Trinajstić information content (AvgIpc) is 2.82. The fourth-order valence-corrected chi connectivity index (χ4v) is 3.75. The van der Waals surface area contributed by atoms with Crippen LogP contribution >= 0.6 is 0 Å². The molecular weight excluding hydrogens is 396 g/mol. The van der Waals surface area contributed by atoms with E-state index >= 15 is 0 Å². The van der Waals surface area contributed by atoms with Gasteiger partial charge in [-0.25, -0.2) is 4.98 Å². The molecule has 1 amide bonds. The number of piperazine rings is 1. The summed E-state index contributed by atoms with van der Waals surface area (Å²) in [5.41, 5.74) is 8.76. The van der Waals surface area contributed by atoms with Gasteiger partial charge in [-0.15, -0.1) is 0 Å². The number of carbonyl (C=O) groups excluding carboxylic acids is 2. The molecule has 1 aliphatic heterocycles. The number of carbonyl (C=O) groups is 2. The molecule has 0 radical (unpaired) electrons. The smallest absolute Gasteiger partial charge is 0.253 e. The molecule has 160 valence electrons. The summed E-state index contributed by atoms with van der Waals surface area (Å²) in [4.78, 5) is 32.3. The molecule has 0 aliphatic carbocycles. The maximum Gasteiger partial charge on any atom is 0.253 e. The van der Waals surface area contributed by atoms with Crippen molar-refractivity contribution in [2.24, 2.45) is 0 Å². The molecule has 8 nitrogen and oxygen atoms in total. The fraction of sp³-hybridized carbons (Fsp3) is 0.261. The first-order valence-electron chi connectivity index (χ1n) is 9.95. The van der Waals surface area contributed by atoms with Gasteiger partial charge >= 0.3 is 0 Å². The summed E-state index contributed by atoms with van der Waals surface area (Å²) in [6, 6.07) is 12.2. The van der Waals surface area contributed by atoms with Gasteiger partial charge in [0.2, 0.25) is 0 Å². The first-order chi connectivity index (χ1) is 15.0. The number of nitrogen functional groups attached to an aromatic ring is 1. The minimum absolute atomic E-state index is 0.0417. The Labute approximate surface area is 180 Å². The average molecular weight is 420 g/mol. The van der Waals surface area contributed by atoms with Gasteiger partial charge in [0, 0.05) is 60.5 Å². The number of pyridine rings is 1. The van der Waals surface area contributed by atoms with Gasteiger partial charge in [0.25, 0.3) is 5.91 Å². The Morgan fingerprint density at radius 3 is 2.26 bits per heavy atom. The minimum Gasteiger partial charge on any atom is -0.493 e. The molecule has 0 spiro atoms. The van der Waals surface area contributed by atoms with E-state index < -0.39 is 0 Å². The van der Waals surface area contributed by atoms with E-state index in [-0.39, 0.29) is 5.91 Å². The SMILES string of the molecule is COc1cc2nc(N3CCN(C(=O)c4ccc(C=O)cc4)CC3)cc(N)c2cc1OC. The van der Waals surface area contributed by atoms with Crippen LogP contribution in [0.1, 0.15) is 20.7 Å². The second-order valence-corrected chi connectivity index (χ2v) is 7.31. The van der Waals surface area contributed by atoms with Crippen LogP contribution in [-0.2, 0) is 0 Å². The van der Waals surface area contributed by atoms with E-state index in [1.165, 1.54) is 0 Å². The standard InChI is InChI=1S/C23H24N4O4/c1-30-20-11-17-18(24)12-22(25-19(17)13-21(20)31-2)26-7-9-27(10-8-26)23(29)16-5-3-15(14-28)4-6-16/h3-6,11-14H,7-10H2,1-2H3,(H2,24,25). The van der Waals surface area contributed by atoms with Crippen molar-refractivity contribution in [3.63, 3.8) is 0 Å². The molecule has 0 bridgehead atoms. The van der Waals surface area contributed by atoms with Crippen molar-refractivity contribution < 1.29 is 19.1 Å². The maximum absolute atomic E-state index is 12.8. The van der Waals surface area contributed by atoms with E-state index in [0.29, 0.717) is 54.5 Å². The van der Waals surface area contributed by atoms with E-state index in [0.717, 1.165) is 23.0 Å². The largest absolute Gasteiger partial charge is 0.493 e. The van der Waals surface area contributed by atoms with Crippen molar-refractivity contribution in [3.8, 4) is 11.5 Å². The maximum atomic E-state index is 12.8. The number of fused-ring (bicyclic) bond motifs is 1. The highest BCUT2D eigenvalue weighted by Gasteiger charge is 2.23. The molecule has 0 unspecified atom stereocenters. The van der Waals surface area contributed by atoms with E-state index in [1.54, 1.807) is 38.5 Å². The molecule has 1 aliphatic rings. The van der Waals surface area contributed by atoms with Crippen LogP contribution in [0.4, 0.5) is 11.5 Å². The topological polar surface area (TPSA) is 98.0 Å². The lowest BCUT2D eigenvalue weighted by molar-refractivity contribution is 0.0746. The second kappa shape index (κ2) is 8.51. The number of amides is 1. The third-order valence-corrected chi connectivity index (χ3v) is 5.52. The van der Waals surface area contributed by atoms with Crippen LogP contribution in [0.25, 0.3) is 10.9 Å². The van der Waals surface area contributed by atoms with Gasteiger partial charge in [-0.3, -0.25) is 9.59 Å². The number of hydrogen-bond acceptors (Lipinski definition) is 7. The predicted octanol–water partition coefficient (Wildman–Crippen LogP) is 2.61. The molecule has 8 heteroatoms. The highest BCUT2D eigenvalue weighted by atomic mass is 16.5. The molecule has 1 saturated heterocycles. The lowest BCUT2D eigenvalue weighted by Crippen LogP contribution is -2.49. The van der Waals surface area contributed by atoms with Crippen LogP contribution in [0.15, 0.2) is 42.5 Å². The van der Waals surface area contributed by atoms with Gasteiger partial charge in [0.1, 0.15) is 12.1 Å². The highest BCUT2D eigenvalue weighted by molar-refractivity contribution is 5.95. The number of aldehydes is 1. The zero-order valence-corrected chi connectivity index (χ0v) is 17.5. The van der Waals surface area contributed by atoms with Gasteiger partial charge in [0.05, 0.1) is 19.7 Å². The summed E-state index contributed by atoms with van der Waals surface area (Å²) in [6.07, 6.45) is 0.765. The summed E-state index contributed by atoms with van der Waals surface area (Å²) in [7, 11) is 3.17. The molecule has 31 heavy (non-hydrogen) atoms. The molecule has 2 N–H and O–H groups in total. The van der Waals surface area contributed by atoms with Crippen molar-refractivity contribution in [2.75, 3.05) is 51.0 Å². The van der Waals surface area contributed by atoms with Crippen molar-refractivity contribution in [2.45, 2.75) is 0 Å². The summed E-state index contributed by atoms with van der Waals surface area (Å²) in [6.45, 7) is 2.42. The van der Waals surface area contributed by atoms with Gasteiger partial charge in [-0.2, -0.15) is 0 Å². The summed E-state index contributed by atoms with van der Waals surface area (Å²) in [5, 5.41) is 0.800. The summed E-state index contributed by atoms with van der Waals surface area (Å²) in [5.74, 6) is 1.92. The Bertz CT molecular complexity index is 1120.